The second-order valence-corrected chi connectivity index (χ2v) is 7.36. The first-order chi connectivity index (χ1) is 13.6. The third-order valence-electron chi connectivity index (χ3n) is 5.41. The predicted molar refractivity (Wildman–Crippen MR) is 108 cm³/mol. The van der Waals surface area contributed by atoms with E-state index in [4.69, 9.17) is 0 Å². The first kappa shape index (κ1) is 18.4. The maximum Gasteiger partial charge on any atom is 0.295 e. The second kappa shape index (κ2) is 7.58. The van der Waals surface area contributed by atoms with Crippen molar-refractivity contribution in [3.05, 3.63) is 52.1 Å². The lowest BCUT2D eigenvalue weighted by Crippen LogP contribution is -2.29. The summed E-state index contributed by atoms with van der Waals surface area (Å²) >= 11 is 0. The van der Waals surface area contributed by atoms with E-state index in [0.29, 0.717) is 24.9 Å². The fraction of sp³-hybridized carbons (Fsp3) is 0.429. The number of carbonyl (C=O) groups excluding carboxylic acids is 1. The van der Waals surface area contributed by atoms with Gasteiger partial charge in [0.1, 0.15) is 0 Å². The largest absolute Gasteiger partial charge is 0.343 e. The Bertz CT molecular complexity index is 1060. The molecule has 28 heavy (non-hydrogen) atoms. The number of likely N-dealkylation sites (tertiary alicyclic amines) is 1. The zero-order chi connectivity index (χ0) is 19.7. The molecule has 146 valence electrons. The molecule has 7 heteroatoms. The van der Waals surface area contributed by atoms with Crippen molar-refractivity contribution in [3.63, 3.8) is 0 Å². The number of benzene rings is 1. The third-order valence-corrected chi connectivity index (χ3v) is 5.41. The van der Waals surface area contributed by atoms with Gasteiger partial charge in [-0.3, -0.25) is 9.59 Å². The Balaban J connectivity index is 1.59. The van der Waals surface area contributed by atoms with E-state index in [-0.39, 0.29) is 11.5 Å². The van der Waals surface area contributed by atoms with E-state index in [0.717, 1.165) is 48.4 Å². The standard InChI is InChI=1S/C21H25N5O2/c1-15-19-16(2)26(17-9-4-3-5-10-17)23-20(19)21(28)25(22-15)14-8-11-18(27)24-12-6-7-13-24/h3-5,9-10H,6-8,11-14H2,1-2H3. The van der Waals surface area contributed by atoms with Crippen LogP contribution in [0.4, 0.5) is 0 Å². The van der Waals surface area contributed by atoms with E-state index in [1.165, 1.54) is 4.68 Å². The smallest absolute Gasteiger partial charge is 0.295 e. The summed E-state index contributed by atoms with van der Waals surface area (Å²) in [6.07, 6.45) is 3.23. The molecular weight excluding hydrogens is 354 g/mol. The molecule has 7 nitrogen and oxygen atoms in total. The third kappa shape index (κ3) is 3.32. The van der Waals surface area contributed by atoms with E-state index in [2.05, 4.69) is 10.2 Å². The molecule has 0 radical (unpaired) electrons. The zero-order valence-corrected chi connectivity index (χ0v) is 16.4. The van der Waals surface area contributed by atoms with Crippen molar-refractivity contribution in [3.8, 4) is 5.69 Å². The molecule has 0 aliphatic carbocycles. The van der Waals surface area contributed by atoms with Crippen LogP contribution in [0.1, 0.15) is 37.1 Å². The summed E-state index contributed by atoms with van der Waals surface area (Å²) in [6, 6.07) is 9.77. The molecule has 1 aromatic carbocycles. The highest BCUT2D eigenvalue weighted by molar-refractivity contribution is 5.83. The first-order valence-corrected chi connectivity index (χ1v) is 9.86. The molecule has 4 rings (SSSR count). The second-order valence-electron chi connectivity index (χ2n) is 7.36. The van der Waals surface area contributed by atoms with Crippen molar-refractivity contribution in [2.75, 3.05) is 13.1 Å². The minimum absolute atomic E-state index is 0.174. The van der Waals surface area contributed by atoms with Gasteiger partial charge in [-0.15, -0.1) is 0 Å². The number of rotatable bonds is 5. The zero-order valence-electron chi connectivity index (χ0n) is 16.4. The van der Waals surface area contributed by atoms with Crippen LogP contribution < -0.4 is 5.56 Å². The first-order valence-electron chi connectivity index (χ1n) is 9.86. The molecule has 0 bridgehead atoms. The summed E-state index contributed by atoms with van der Waals surface area (Å²) in [4.78, 5) is 27.1. The SMILES string of the molecule is Cc1nn(CCCC(=O)N2CCCC2)c(=O)c2nn(-c3ccccc3)c(C)c12. The van der Waals surface area contributed by atoms with E-state index in [9.17, 15) is 9.59 Å². The fourth-order valence-corrected chi connectivity index (χ4v) is 3.96. The lowest BCUT2D eigenvalue weighted by molar-refractivity contribution is -0.130. The van der Waals surface area contributed by atoms with E-state index in [1.807, 2.05) is 49.1 Å². The Hall–Kier alpha value is -2.96. The van der Waals surface area contributed by atoms with Gasteiger partial charge >= 0.3 is 0 Å². The van der Waals surface area contributed by atoms with Gasteiger partial charge in [0, 0.05) is 26.1 Å². The summed E-state index contributed by atoms with van der Waals surface area (Å²) in [5.74, 6) is 0.174. The van der Waals surface area contributed by atoms with Crippen molar-refractivity contribution in [1.82, 2.24) is 24.5 Å². The van der Waals surface area contributed by atoms with E-state index >= 15 is 0 Å². The maximum absolute atomic E-state index is 12.9. The van der Waals surface area contributed by atoms with Crippen LogP contribution in [0.5, 0.6) is 0 Å². The minimum atomic E-state index is -0.202. The molecule has 1 aliphatic heterocycles. The molecule has 1 amide bonds. The highest BCUT2D eigenvalue weighted by Gasteiger charge is 2.19. The molecule has 0 N–H and O–H groups in total. The van der Waals surface area contributed by atoms with Gasteiger partial charge in [-0.05, 0) is 45.2 Å². The number of nitrogens with zero attached hydrogens (tertiary/aromatic N) is 5. The Morgan fingerprint density at radius 1 is 1.07 bits per heavy atom. The minimum Gasteiger partial charge on any atom is -0.343 e. The van der Waals surface area contributed by atoms with Gasteiger partial charge in [-0.1, -0.05) is 18.2 Å². The van der Waals surface area contributed by atoms with Gasteiger partial charge in [0.25, 0.3) is 5.56 Å². The van der Waals surface area contributed by atoms with Gasteiger partial charge in [0.15, 0.2) is 5.52 Å². The number of aromatic nitrogens is 4. The van der Waals surface area contributed by atoms with Crippen LogP contribution in [0.15, 0.2) is 35.1 Å². The summed E-state index contributed by atoms with van der Waals surface area (Å²) in [7, 11) is 0. The Labute approximate surface area is 163 Å². The lowest BCUT2D eigenvalue weighted by atomic mass is 10.2. The average molecular weight is 379 g/mol. The number of carbonyl (C=O) groups is 1. The molecule has 1 aliphatic rings. The van der Waals surface area contributed by atoms with E-state index in [1.54, 1.807) is 4.68 Å². The number of fused-ring (bicyclic) bond motifs is 1. The highest BCUT2D eigenvalue weighted by atomic mass is 16.2. The summed E-state index contributed by atoms with van der Waals surface area (Å²) in [5, 5.41) is 9.87. The van der Waals surface area contributed by atoms with Crippen molar-refractivity contribution >= 4 is 16.8 Å². The van der Waals surface area contributed by atoms with Crippen molar-refractivity contribution < 1.29 is 4.79 Å². The van der Waals surface area contributed by atoms with Crippen LogP contribution in [0.2, 0.25) is 0 Å². The van der Waals surface area contributed by atoms with Gasteiger partial charge in [-0.2, -0.15) is 10.2 Å². The molecular formula is C21H25N5O2. The van der Waals surface area contributed by atoms with Crippen LogP contribution in [0.3, 0.4) is 0 Å². The number of para-hydroxylation sites is 1. The summed E-state index contributed by atoms with van der Waals surface area (Å²) < 4.78 is 3.25. The maximum atomic E-state index is 12.9. The van der Waals surface area contributed by atoms with Crippen LogP contribution in [-0.2, 0) is 11.3 Å². The van der Waals surface area contributed by atoms with E-state index < -0.39 is 0 Å². The number of amides is 1. The monoisotopic (exact) mass is 379 g/mol. The molecule has 3 heterocycles. The summed E-state index contributed by atoms with van der Waals surface area (Å²) in [5.41, 5.74) is 2.82. The van der Waals surface area contributed by atoms with Gasteiger partial charge in [-0.25, -0.2) is 9.36 Å². The Morgan fingerprint density at radius 3 is 2.50 bits per heavy atom. The van der Waals surface area contributed by atoms with Crippen LogP contribution in [0.25, 0.3) is 16.6 Å². The highest BCUT2D eigenvalue weighted by Crippen LogP contribution is 2.21. The fourth-order valence-electron chi connectivity index (χ4n) is 3.96. The molecule has 0 unspecified atom stereocenters. The molecule has 2 aromatic heterocycles. The van der Waals surface area contributed by atoms with Gasteiger partial charge < -0.3 is 4.90 Å². The molecule has 0 saturated carbocycles. The van der Waals surface area contributed by atoms with Crippen molar-refractivity contribution in [2.24, 2.45) is 0 Å². The number of aryl methyl sites for hydroxylation is 3. The average Bonchev–Trinajstić information content (AvgIpc) is 3.35. The Morgan fingerprint density at radius 2 is 1.79 bits per heavy atom. The Kier molecular flexibility index (Phi) is 4.98. The van der Waals surface area contributed by atoms with Gasteiger partial charge in [0.2, 0.25) is 5.91 Å². The van der Waals surface area contributed by atoms with Crippen LogP contribution in [0, 0.1) is 13.8 Å². The summed E-state index contributed by atoms with van der Waals surface area (Å²) in [6.45, 7) is 6.00. The quantitative estimate of drug-likeness (QED) is 0.683. The number of hydrogen-bond donors (Lipinski definition) is 0. The van der Waals surface area contributed by atoms with Crippen LogP contribution >= 0.6 is 0 Å². The van der Waals surface area contributed by atoms with Crippen molar-refractivity contribution in [2.45, 2.75) is 46.1 Å². The van der Waals surface area contributed by atoms with Crippen molar-refractivity contribution in [1.29, 1.82) is 0 Å². The molecule has 0 spiro atoms. The predicted octanol–water partition coefficient (Wildman–Crippen LogP) is 2.60. The molecule has 1 saturated heterocycles. The molecule has 1 fully saturated rings. The molecule has 3 aromatic rings. The topological polar surface area (TPSA) is 73.0 Å². The number of hydrogen-bond acceptors (Lipinski definition) is 4. The normalized spacial score (nSPS) is 14.1. The molecule has 0 atom stereocenters. The van der Waals surface area contributed by atoms with Gasteiger partial charge in [0.05, 0.1) is 22.5 Å². The lowest BCUT2D eigenvalue weighted by Gasteiger charge is -2.15. The van der Waals surface area contributed by atoms with Crippen LogP contribution in [-0.4, -0.2) is 43.5 Å².